The van der Waals surface area contributed by atoms with Crippen molar-refractivity contribution in [1.82, 2.24) is 0 Å². The first kappa shape index (κ1) is 10.3. The van der Waals surface area contributed by atoms with Gasteiger partial charge in [-0.05, 0) is 0 Å². The van der Waals surface area contributed by atoms with Crippen LogP contribution in [0.25, 0.3) is 0 Å². The molecule has 68 valence electrons. The molecule has 0 spiro atoms. The van der Waals surface area contributed by atoms with Gasteiger partial charge in [-0.25, -0.2) is 0 Å². The van der Waals surface area contributed by atoms with Crippen LogP contribution in [0, 0.1) is 20.2 Å². The summed E-state index contributed by atoms with van der Waals surface area (Å²) in [6, 6.07) is 0. The average Bonchev–Trinajstić information content (AvgIpc) is 1.84. The van der Waals surface area contributed by atoms with Crippen molar-refractivity contribution in [3.63, 3.8) is 0 Å². The van der Waals surface area contributed by atoms with Crippen LogP contribution in [0.15, 0.2) is 0 Å². The number of hydrogen-bond donors (Lipinski definition) is 1. The van der Waals surface area contributed by atoms with Gasteiger partial charge in [-0.2, -0.15) is 0 Å². The molecule has 0 radical (unpaired) electrons. The van der Waals surface area contributed by atoms with Gasteiger partial charge in [0.05, 0.1) is 22.7 Å². The van der Waals surface area contributed by atoms with Crippen LogP contribution in [0.1, 0.15) is 12.8 Å². The summed E-state index contributed by atoms with van der Waals surface area (Å²) in [5.41, 5.74) is 0. The maximum Gasteiger partial charge on any atom is 0.451 e. The Morgan fingerprint density at radius 3 is 2.00 bits per heavy atom. The lowest BCUT2D eigenvalue weighted by Crippen LogP contribution is -2.29. The van der Waals surface area contributed by atoms with Gasteiger partial charge >= 0.3 is 12.1 Å². The average molecular weight is 178 g/mol. The van der Waals surface area contributed by atoms with Crippen molar-refractivity contribution in [1.29, 1.82) is 0 Å². The first-order valence-electron chi connectivity index (χ1n) is 2.94. The molecule has 0 aromatic heterocycles. The number of aliphatic carboxylic acids is 1. The molecule has 0 heterocycles. The fourth-order valence-corrected chi connectivity index (χ4v) is 0.540. The van der Waals surface area contributed by atoms with Gasteiger partial charge in [-0.15, -0.1) is 0 Å². The third-order valence-corrected chi connectivity index (χ3v) is 1.10. The van der Waals surface area contributed by atoms with Crippen molar-refractivity contribution >= 4 is 5.97 Å². The van der Waals surface area contributed by atoms with Crippen LogP contribution in [0.4, 0.5) is 0 Å². The van der Waals surface area contributed by atoms with Crippen molar-refractivity contribution in [3.8, 4) is 0 Å². The Morgan fingerprint density at radius 2 is 1.75 bits per heavy atom. The van der Waals surface area contributed by atoms with Crippen molar-refractivity contribution in [2.45, 2.75) is 19.0 Å². The molecule has 12 heavy (non-hydrogen) atoms. The zero-order chi connectivity index (χ0) is 9.72. The SMILES string of the molecule is O=C(O)CCC([N+](=O)[O-])[N+](=O)[O-]. The Kier molecular flexibility index (Phi) is 3.60. The number of rotatable bonds is 5. The number of carboxylic acids is 1. The summed E-state index contributed by atoms with van der Waals surface area (Å²) in [4.78, 5) is 27.5. The number of nitro groups is 2. The molecule has 0 rings (SSSR count). The normalized spacial score (nSPS) is 9.75. The second kappa shape index (κ2) is 4.21. The molecule has 0 fully saturated rings. The summed E-state index contributed by atoms with van der Waals surface area (Å²) >= 11 is 0. The minimum Gasteiger partial charge on any atom is -0.481 e. The molecular weight excluding hydrogens is 172 g/mol. The molecule has 0 unspecified atom stereocenters. The smallest absolute Gasteiger partial charge is 0.451 e. The first-order chi connectivity index (χ1) is 5.45. The van der Waals surface area contributed by atoms with E-state index in [1.54, 1.807) is 0 Å². The zero-order valence-corrected chi connectivity index (χ0v) is 5.87. The van der Waals surface area contributed by atoms with Crippen LogP contribution < -0.4 is 0 Å². The topological polar surface area (TPSA) is 124 Å². The Bertz CT molecular complexity index is 200. The van der Waals surface area contributed by atoms with Crippen LogP contribution >= 0.6 is 0 Å². The molecular formula is C4H6N2O6. The van der Waals surface area contributed by atoms with Crippen molar-refractivity contribution < 1.29 is 19.7 Å². The molecule has 0 atom stereocenters. The van der Waals surface area contributed by atoms with E-state index in [1.807, 2.05) is 0 Å². The Morgan fingerprint density at radius 1 is 1.33 bits per heavy atom. The van der Waals surface area contributed by atoms with Gasteiger partial charge in [0.25, 0.3) is 0 Å². The van der Waals surface area contributed by atoms with E-state index in [2.05, 4.69) is 0 Å². The monoisotopic (exact) mass is 178 g/mol. The fourth-order valence-electron chi connectivity index (χ4n) is 0.540. The van der Waals surface area contributed by atoms with Crippen molar-refractivity contribution in [2.24, 2.45) is 0 Å². The molecule has 0 saturated carbocycles. The summed E-state index contributed by atoms with van der Waals surface area (Å²) in [6.45, 7) is 0. The highest BCUT2D eigenvalue weighted by Crippen LogP contribution is 2.01. The Balaban J connectivity index is 4.06. The maximum atomic E-state index is 9.92. The van der Waals surface area contributed by atoms with E-state index in [0.29, 0.717) is 0 Å². The van der Waals surface area contributed by atoms with Gasteiger partial charge in [0, 0.05) is 0 Å². The van der Waals surface area contributed by atoms with E-state index in [0.717, 1.165) is 0 Å². The van der Waals surface area contributed by atoms with Crippen LogP contribution in [-0.4, -0.2) is 27.1 Å². The van der Waals surface area contributed by atoms with E-state index in [4.69, 9.17) is 5.11 Å². The molecule has 8 heteroatoms. The quantitative estimate of drug-likeness (QED) is 0.351. The maximum absolute atomic E-state index is 9.92. The van der Waals surface area contributed by atoms with Crippen molar-refractivity contribution in [2.75, 3.05) is 0 Å². The largest absolute Gasteiger partial charge is 0.481 e. The number of nitrogens with zero attached hydrogens (tertiary/aromatic N) is 2. The summed E-state index contributed by atoms with van der Waals surface area (Å²) < 4.78 is 0. The fraction of sp³-hybridized carbons (Fsp3) is 0.750. The third kappa shape index (κ3) is 3.44. The zero-order valence-electron chi connectivity index (χ0n) is 5.87. The highest BCUT2D eigenvalue weighted by atomic mass is 16.7. The standard InChI is InChI=1S/C4H6N2O6/c7-4(8)2-1-3(5(9)10)6(11)12/h3H,1-2H2,(H,7,8). The lowest BCUT2D eigenvalue weighted by molar-refractivity contribution is -0.742. The second-order valence-corrected chi connectivity index (χ2v) is 1.98. The summed E-state index contributed by atoms with van der Waals surface area (Å²) in [6.07, 6.45) is -3.18. The van der Waals surface area contributed by atoms with E-state index in [9.17, 15) is 25.0 Å². The van der Waals surface area contributed by atoms with Gasteiger partial charge in [0.1, 0.15) is 0 Å². The van der Waals surface area contributed by atoms with Crippen LogP contribution in [0.5, 0.6) is 0 Å². The minimum atomic E-state index is -2.01. The lowest BCUT2D eigenvalue weighted by Gasteiger charge is -1.98. The highest BCUT2D eigenvalue weighted by molar-refractivity contribution is 5.66. The Hall–Kier alpha value is -1.73. The number of hydrogen-bond acceptors (Lipinski definition) is 5. The predicted octanol–water partition coefficient (Wildman–Crippen LogP) is -0.269. The molecule has 8 nitrogen and oxygen atoms in total. The molecule has 0 bridgehead atoms. The first-order valence-corrected chi connectivity index (χ1v) is 2.94. The molecule has 1 N–H and O–H groups in total. The molecule has 0 amide bonds. The number of carboxylic acid groups (broad SMARTS) is 1. The molecule has 0 aliphatic rings. The molecule has 0 saturated heterocycles. The summed E-state index contributed by atoms with van der Waals surface area (Å²) in [5.74, 6) is -1.29. The Labute approximate surface area is 66.1 Å². The summed E-state index contributed by atoms with van der Waals surface area (Å²) in [5, 5.41) is 27.9. The minimum absolute atomic E-state index is 0.577. The molecule has 0 aliphatic heterocycles. The third-order valence-electron chi connectivity index (χ3n) is 1.10. The van der Waals surface area contributed by atoms with E-state index < -0.39 is 34.8 Å². The highest BCUT2D eigenvalue weighted by Gasteiger charge is 2.32. The molecule has 0 aliphatic carbocycles. The predicted molar refractivity (Wildman–Crippen MR) is 34.6 cm³/mol. The van der Waals surface area contributed by atoms with E-state index in [-0.39, 0.29) is 0 Å². The van der Waals surface area contributed by atoms with E-state index in [1.165, 1.54) is 0 Å². The van der Waals surface area contributed by atoms with Gasteiger partial charge in [-0.1, -0.05) is 0 Å². The van der Waals surface area contributed by atoms with Gasteiger partial charge < -0.3 is 5.11 Å². The lowest BCUT2D eigenvalue weighted by atomic mass is 10.3. The van der Waals surface area contributed by atoms with Gasteiger partial charge in [0.15, 0.2) is 0 Å². The molecule has 0 aromatic rings. The van der Waals surface area contributed by atoms with Gasteiger partial charge in [-0.3, -0.25) is 25.0 Å². The van der Waals surface area contributed by atoms with Crippen LogP contribution in [0.3, 0.4) is 0 Å². The van der Waals surface area contributed by atoms with E-state index >= 15 is 0 Å². The second-order valence-electron chi connectivity index (χ2n) is 1.98. The summed E-state index contributed by atoms with van der Waals surface area (Å²) in [7, 11) is 0. The van der Waals surface area contributed by atoms with Crippen LogP contribution in [-0.2, 0) is 4.79 Å². The van der Waals surface area contributed by atoms with Crippen molar-refractivity contribution in [3.05, 3.63) is 20.2 Å². The molecule has 0 aromatic carbocycles. The van der Waals surface area contributed by atoms with Crippen LogP contribution in [0.2, 0.25) is 0 Å². The van der Waals surface area contributed by atoms with Gasteiger partial charge in [0.2, 0.25) is 0 Å². The number of carbonyl (C=O) groups is 1.